The van der Waals surface area contributed by atoms with Crippen molar-refractivity contribution in [1.82, 2.24) is 10.2 Å². The van der Waals surface area contributed by atoms with Crippen molar-refractivity contribution >= 4 is 23.4 Å². The second-order valence-corrected chi connectivity index (χ2v) is 7.22. The number of nitrogens with one attached hydrogen (secondary N) is 1. The van der Waals surface area contributed by atoms with E-state index in [-0.39, 0.29) is 29.1 Å². The second-order valence-electron chi connectivity index (χ2n) is 6.81. The molecule has 0 aromatic heterocycles. The molecule has 1 saturated heterocycles. The molecular weight excluding hydrogens is 367 g/mol. The van der Waals surface area contributed by atoms with E-state index in [0.717, 1.165) is 18.4 Å². The number of carbonyl (C=O) groups is 2. The van der Waals surface area contributed by atoms with Crippen molar-refractivity contribution in [3.63, 3.8) is 0 Å². The Morgan fingerprint density at radius 2 is 1.96 bits per heavy atom. The van der Waals surface area contributed by atoms with Crippen LogP contribution in [0.5, 0.6) is 0 Å². The number of benzene rings is 2. The fourth-order valence-corrected chi connectivity index (χ4v) is 3.83. The zero-order valence-corrected chi connectivity index (χ0v) is 16.1. The van der Waals surface area contributed by atoms with Gasteiger partial charge in [0.1, 0.15) is 5.82 Å². The number of likely N-dealkylation sites (tertiary alicyclic amines) is 1. The highest BCUT2D eigenvalue weighted by Gasteiger charge is 2.31. The second kappa shape index (κ2) is 8.09. The first-order chi connectivity index (χ1) is 12.9. The summed E-state index contributed by atoms with van der Waals surface area (Å²) in [5.41, 5.74) is 3.28. The molecule has 0 unspecified atom stereocenters. The summed E-state index contributed by atoms with van der Waals surface area (Å²) in [5.74, 6) is -1.57. The zero-order valence-electron chi connectivity index (χ0n) is 15.4. The SMILES string of the molecule is Cc1cccc([C@H]2CCCN2C(=O)CNC(=O)c2c(F)cccc2Cl)c1C. The lowest BCUT2D eigenvalue weighted by molar-refractivity contribution is -0.131. The van der Waals surface area contributed by atoms with Crippen LogP contribution in [0.3, 0.4) is 0 Å². The first-order valence-electron chi connectivity index (χ1n) is 8.98. The Balaban J connectivity index is 1.70. The van der Waals surface area contributed by atoms with Crippen molar-refractivity contribution in [3.05, 3.63) is 69.5 Å². The number of aryl methyl sites for hydroxylation is 1. The highest BCUT2D eigenvalue weighted by molar-refractivity contribution is 6.33. The normalized spacial score (nSPS) is 16.4. The Labute approximate surface area is 163 Å². The van der Waals surface area contributed by atoms with Crippen LogP contribution in [-0.2, 0) is 4.79 Å². The lowest BCUT2D eigenvalue weighted by Crippen LogP contribution is -2.40. The van der Waals surface area contributed by atoms with Gasteiger partial charge in [0, 0.05) is 6.54 Å². The van der Waals surface area contributed by atoms with Crippen molar-refractivity contribution in [2.75, 3.05) is 13.1 Å². The molecule has 1 N–H and O–H groups in total. The molecule has 1 aliphatic rings. The van der Waals surface area contributed by atoms with Crippen LogP contribution < -0.4 is 5.32 Å². The van der Waals surface area contributed by atoms with E-state index in [2.05, 4.69) is 31.3 Å². The predicted molar refractivity (Wildman–Crippen MR) is 103 cm³/mol. The van der Waals surface area contributed by atoms with Crippen molar-refractivity contribution < 1.29 is 14.0 Å². The molecule has 2 aromatic rings. The van der Waals surface area contributed by atoms with Gasteiger partial charge in [0.15, 0.2) is 0 Å². The summed E-state index contributed by atoms with van der Waals surface area (Å²) in [7, 11) is 0. The van der Waals surface area contributed by atoms with Gasteiger partial charge in [-0.05, 0) is 55.5 Å². The maximum atomic E-state index is 13.9. The molecule has 2 aromatic carbocycles. The number of nitrogens with zero attached hydrogens (tertiary/aromatic N) is 1. The van der Waals surface area contributed by atoms with Gasteiger partial charge in [-0.25, -0.2) is 4.39 Å². The molecule has 0 saturated carbocycles. The zero-order chi connectivity index (χ0) is 19.6. The van der Waals surface area contributed by atoms with E-state index in [4.69, 9.17) is 11.6 Å². The third-order valence-corrected chi connectivity index (χ3v) is 5.48. The minimum Gasteiger partial charge on any atom is -0.343 e. The van der Waals surface area contributed by atoms with Crippen LogP contribution in [0.25, 0.3) is 0 Å². The summed E-state index contributed by atoms with van der Waals surface area (Å²) in [5, 5.41) is 2.52. The summed E-state index contributed by atoms with van der Waals surface area (Å²) in [6.45, 7) is 4.57. The van der Waals surface area contributed by atoms with Crippen LogP contribution in [0.2, 0.25) is 5.02 Å². The molecule has 1 atom stereocenters. The van der Waals surface area contributed by atoms with Crippen molar-refractivity contribution in [1.29, 1.82) is 0 Å². The van der Waals surface area contributed by atoms with E-state index >= 15 is 0 Å². The van der Waals surface area contributed by atoms with E-state index in [1.54, 1.807) is 4.90 Å². The Kier molecular flexibility index (Phi) is 5.80. The average Bonchev–Trinajstić information content (AvgIpc) is 3.11. The summed E-state index contributed by atoms with van der Waals surface area (Å²) in [6.07, 6.45) is 1.81. The van der Waals surface area contributed by atoms with Crippen LogP contribution in [0, 0.1) is 19.7 Å². The van der Waals surface area contributed by atoms with Crippen LogP contribution in [-0.4, -0.2) is 29.8 Å². The summed E-state index contributed by atoms with van der Waals surface area (Å²) in [6, 6.07) is 10.2. The van der Waals surface area contributed by atoms with Gasteiger partial charge in [0.05, 0.1) is 23.2 Å². The van der Waals surface area contributed by atoms with Gasteiger partial charge < -0.3 is 10.2 Å². The topological polar surface area (TPSA) is 49.4 Å². The summed E-state index contributed by atoms with van der Waals surface area (Å²) >= 11 is 5.91. The third-order valence-electron chi connectivity index (χ3n) is 5.17. The quantitative estimate of drug-likeness (QED) is 0.853. The molecule has 4 nitrogen and oxygen atoms in total. The molecule has 2 amide bonds. The molecule has 1 fully saturated rings. The lowest BCUT2D eigenvalue weighted by Gasteiger charge is -2.27. The molecule has 27 heavy (non-hydrogen) atoms. The van der Waals surface area contributed by atoms with E-state index in [0.29, 0.717) is 6.54 Å². The standard InChI is InChI=1S/C21H22ClFN2O2/c1-13-6-3-7-15(14(13)2)18-10-5-11-25(18)19(26)12-24-21(27)20-16(22)8-4-9-17(20)23/h3-4,6-9,18H,5,10-12H2,1-2H3,(H,24,27)/t18-/m1/s1. The van der Waals surface area contributed by atoms with Gasteiger partial charge in [-0.3, -0.25) is 9.59 Å². The van der Waals surface area contributed by atoms with E-state index in [9.17, 15) is 14.0 Å². The molecule has 6 heteroatoms. The maximum absolute atomic E-state index is 13.9. The minimum atomic E-state index is -0.707. The van der Waals surface area contributed by atoms with Crippen molar-refractivity contribution in [3.8, 4) is 0 Å². The Morgan fingerprint density at radius 3 is 2.70 bits per heavy atom. The van der Waals surface area contributed by atoms with E-state index in [1.807, 2.05) is 6.07 Å². The first kappa shape index (κ1) is 19.4. The van der Waals surface area contributed by atoms with E-state index in [1.165, 1.54) is 29.3 Å². The highest BCUT2D eigenvalue weighted by atomic mass is 35.5. The third kappa shape index (κ3) is 3.98. The van der Waals surface area contributed by atoms with Crippen LogP contribution in [0.15, 0.2) is 36.4 Å². The molecule has 0 aliphatic carbocycles. The van der Waals surface area contributed by atoms with Crippen molar-refractivity contribution in [2.24, 2.45) is 0 Å². The Morgan fingerprint density at radius 1 is 1.22 bits per heavy atom. The van der Waals surface area contributed by atoms with Crippen LogP contribution >= 0.6 is 11.6 Å². The monoisotopic (exact) mass is 388 g/mol. The first-order valence-corrected chi connectivity index (χ1v) is 9.35. The number of hydrogen-bond acceptors (Lipinski definition) is 2. The molecule has 3 rings (SSSR count). The molecule has 1 aliphatic heterocycles. The highest BCUT2D eigenvalue weighted by Crippen LogP contribution is 2.34. The van der Waals surface area contributed by atoms with Gasteiger partial charge in [0.2, 0.25) is 5.91 Å². The number of amides is 2. The summed E-state index contributed by atoms with van der Waals surface area (Å²) < 4.78 is 13.9. The number of rotatable bonds is 4. The molecule has 0 radical (unpaired) electrons. The van der Waals surface area contributed by atoms with Gasteiger partial charge >= 0.3 is 0 Å². The lowest BCUT2D eigenvalue weighted by atomic mass is 9.96. The van der Waals surface area contributed by atoms with Gasteiger partial charge in [-0.2, -0.15) is 0 Å². The van der Waals surface area contributed by atoms with Crippen LogP contribution in [0.4, 0.5) is 4.39 Å². The molecule has 1 heterocycles. The number of hydrogen-bond donors (Lipinski definition) is 1. The predicted octanol–water partition coefficient (Wildman–Crippen LogP) is 4.19. The van der Waals surface area contributed by atoms with E-state index < -0.39 is 11.7 Å². The molecule has 142 valence electrons. The minimum absolute atomic E-state index is 0.00588. The summed E-state index contributed by atoms with van der Waals surface area (Å²) in [4.78, 5) is 26.8. The largest absolute Gasteiger partial charge is 0.343 e. The fraction of sp³-hybridized carbons (Fsp3) is 0.333. The number of carbonyl (C=O) groups excluding carboxylic acids is 2. The smallest absolute Gasteiger partial charge is 0.256 e. The Hall–Kier alpha value is -2.40. The van der Waals surface area contributed by atoms with Crippen LogP contribution in [0.1, 0.15) is 45.9 Å². The van der Waals surface area contributed by atoms with Gasteiger partial charge in [-0.15, -0.1) is 0 Å². The molecule has 0 bridgehead atoms. The molecule has 0 spiro atoms. The number of halogens is 2. The van der Waals surface area contributed by atoms with Gasteiger partial charge in [-0.1, -0.05) is 35.9 Å². The fourth-order valence-electron chi connectivity index (χ4n) is 3.58. The Bertz CT molecular complexity index is 864. The maximum Gasteiger partial charge on any atom is 0.256 e. The van der Waals surface area contributed by atoms with Gasteiger partial charge in [0.25, 0.3) is 5.91 Å². The molecular formula is C21H22ClFN2O2. The average molecular weight is 389 g/mol. The van der Waals surface area contributed by atoms with Crippen molar-refractivity contribution in [2.45, 2.75) is 32.7 Å².